The second kappa shape index (κ2) is 9.37. The average molecular weight is 403 g/mol. The van der Waals surface area contributed by atoms with Gasteiger partial charge >= 0.3 is 0 Å². The normalized spacial score (nSPS) is 11.1. The Morgan fingerprint density at radius 3 is 2.60 bits per heavy atom. The van der Waals surface area contributed by atoms with Crippen LogP contribution in [0.2, 0.25) is 0 Å². The Labute approximate surface area is 157 Å². The third-order valence-electron chi connectivity index (χ3n) is 3.77. The number of halogens is 1. The van der Waals surface area contributed by atoms with Crippen LogP contribution in [0.25, 0.3) is 0 Å². The average Bonchev–Trinajstić information content (AvgIpc) is 2.61. The first-order chi connectivity index (χ1) is 12.0. The maximum Gasteiger partial charge on any atom is 0.277 e. The zero-order valence-corrected chi connectivity index (χ0v) is 16.3. The van der Waals surface area contributed by atoms with Gasteiger partial charge in [0.1, 0.15) is 5.75 Å². The predicted octanol–water partition coefficient (Wildman–Crippen LogP) is 4.66. The third kappa shape index (κ3) is 6.02. The minimum atomic E-state index is -0.292. The molecule has 0 heterocycles. The van der Waals surface area contributed by atoms with E-state index in [0.29, 0.717) is 11.7 Å². The number of hydrogen-bond donors (Lipinski definition) is 1. The maximum atomic E-state index is 11.9. The van der Waals surface area contributed by atoms with Crippen LogP contribution in [-0.2, 0) is 11.2 Å². The lowest BCUT2D eigenvalue weighted by molar-refractivity contribution is -0.123. The first-order valence-electron chi connectivity index (χ1n) is 8.32. The van der Waals surface area contributed by atoms with E-state index in [0.717, 1.165) is 22.0 Å². The van der Waals surface area contributed by atoms with Crippen molar-refractivity contribution < 1.29 is 9.53 Å². The van der Waals surface area contributed by atoms with Gasteiger partial charge in [-0.1, -0.05) is 61.0 Å². The van der Waals surface area contributed by atoms with Crippen LogP contribution >= 0.6 is 15.9 Å². The van der Waals surface area contributed by atoms with E-state index in [4.69, 9.17) is 4.74 Å². The molecule has 0 aliphatic carbocycles. The summed E-state index contributed by atoms with van der Waals surface area (Å²) in [7, 11) is 0. The lowest BCUT2D eigenvalue weighted by atomic mass is 10.0. The molecule has 132 valence electrons. The van der Waals surface area contributed by atoms with Gasteiger partial charge in [0, 0.05) is 4.47 Å². The third-order valence-corrected chi connectivity index (χ3v) is 4.26. The van der Waals surface area contributed by atoms with E-state index in [1.165, 1.54) is 5.56 Å². The lowest BCUT2D eigenvalue weighted by Crippen LogP contribution is -2.24. The number of hydrazone groups is 1. The predicted molar refractivity (Wildman–Crippen MR) is 105 cm³/mol. The smallest absolute Gasteiger partial charge is 0.277 e. The Kier molecular flexibility index (Phi) is 7.19. The number of carbonyl (C=O) groups excluding carboxylic acids is 1. The van der Waals surface area contributed by atoms with Crippen molar-refractivity contribution in [3.05, 3.63) is 63.6 Å². The summed E-state index contributed by atoms with van der Waals surface area (Å²) in [4.78, 5) is 11.9. The second-order valence-corrected chi connectivity index (χ2v) is 6.92. The van der Waals surface area contributed by atoms with Crippen LogP contribution in [0.1, 0.15) is 43.4 Å². The summed E-state index contributed by atoms with van der Waals surface area (Å²) in [5, 5.41) is 3.97. The highest BCUT2D eigenvalue weighted by Gasteiger charge is 2.06. The Morgan fingerprint density at radius 2 is 1.96 bits per heavy atom. The van der Waals surface area contributed by atoms with Gasteiger partial charge in [0.2, 0.25) is 0 Å². The molecule has 0 saturated carbocycles. The monoisotopic (exact) mass is 402 g/mol. The van der Waals surface area contributed by atoms with Crippen molar-refractivity contribution in [2.45, 2.75) is 33.1 Å². The number of aryl methyl sites for hydroxylation is 1. The number of benzene rings is 2. The minimum absolute atomic E-state index is 0.0712. The fourth-order valence-corrected chi connectivity index (χ4v) is 2.69. The molecule has 0 aliphatic rings. The van der Waals surface area contributed by atoms with Crippen LogP contribution in [0.4, 0.5) is 0 Å². The van der Waals surface area contributed by atoms with Gasteiger partial charge in [-0.3, -0.25) is 4.79 Å². The summed E-state index contributed by atoms with van der Waals surface area (Å²) in [5.41, 5.74) is 5.75. The Bertz CT molecular complexity index is 740. The molecule has 0 fully saturated rings. The fourth-order valence-electron chi connectivity index (χ4n) is 2.29. The topological polar surface area (TPSA) is 50.7 Å². The molecule has 1 N–H and O–H groups in total. The highest BCUT2D eigenvalue weighted by atomic mass is 79.9. The van der Waals surface area contributed by atoms with Crippen LogP contribution in [-0.4, -0.2) is 18.7 Å². The zero-order chi connectivity index (χ0) is 18.2. The van der Waals surface area contributed by atoms with Gasteiger partial charge in [0.05, 0.1) is 6.21 Å². The molecule has 0 bridgehead atoms. The molecule has 0 unspecified atom stereocenters. The minimum Gasteiger partial charge on any atom is -0.483 e. The maximum absolute atomic E-state index is 11.9. The number of hydrogen-bond acceptors (Lipinski definition) is 3. The van der Waals surface area contributed by atoms with Crippen molar-refractivity contribution >= 4 is 28.1 Å². The highest BCUT2D eigenvalue weighted by Crippen LogP contribution is 2.23. The van der Waals surface area contributed by atoms with Gasteiger partial charge in [0.15, 0.2) is 6.61 Å². The van der Waals surface area contributed by atoms with Gasteiger partial charge in [-0.25, -0.2) is 5.43 Å². The largest absolute Gasteiger partial charge is 0.483 e. The van der Waals surface area contributed by atoms with E-state index in [1.807, 2.05) is 37.3 Å². The molecule has 25 heavy (non-hydrogen) atoms. The summed E-state index contributed by atoms with van der Waals surface area (Å²) in [6.07, 6.45) is 2.46. The highest BCUT2D eigenvalue weighted by molar-refractivity contribution is 9.10. The summed E-state index contributed by atoms with van der Waals surface area (Å²) in [6.45, 7) is 6.28. The van der Waals surface area contributed by atoms with E-state index >= 15 is 0 Å². The molecule has 1 amide bonds. The van der Waals surface area contributed by atoms with Crippen LogP contribution in [0.5, 0.6) is 5.75 Å². The molecule has 0 radical (unpaired) electrons. The Balaban J connectivity index is 1.84. The van der Waals surface area contributed by atoms with Crippen LogP contribution in [0.15, 0.2) is 52.0 Å². The number of rotatable bonds is 7. The molecule has 2 aromatic rings. The number of nitrogens with one attached hydrogen (secondary N) is 1. The quantitative estimate of drug-likeness (QED) is 0.540. The van der Waals surface area contributed by atoms with Gasteiger partial charge in [-0.15, -0.1) is 0 Å². The molecule has 0 atom stereocenters. The van der Waals surface area contributed by atoms with E-state index in [1.54, 1.807) is 6.21 Å². The number of nitrogens with zero attached hydrogens (tertiary/aromatic N) is 1. The van der Waals surface area contributed by atoms with Gasteiger partial charge in [0.25, 0.3) is 5.91 Å². The lowest BCUT2D eigenvalue weighted by Gasteiger charge is -2.10. The molecular weight excluding hydrogens is 380 g/mol. The summed E-state index contributed by atoms with van der Waals surface area (Å²) in [6, 6.07) is 13.8. The second-order valence-electron chi connectivity index (χ2n) is 6.01. The summed E-state index contributed by atoms with van der Waals surface area (Å²) < 4.78 is 6.58. The number of ether oxygens (including phenoxy) is 1. The molecule has 0 aliphatic heterocycles. The van der Waals surface area contributed by atoms with Crippen molar-refractivity contribution in [2.24, 2.45) is 5.10 Å². The molecule has 2 rings (SSSR count). The fraction of sp³-hybridized carbons (Fsp3) is 0.300. The van der Waals surface area contributed by atoms with Crippen molar-refractivity contribution in [2.75, 3.05) is 6.61 Å². The van der Waals surface area contributed by atoms with Crippen LogP contribution < -0.4 is 10.2 Å². The van der Waals surface area contributed by atoms with Crippen LogP contribution in [0, 0.1) is 0 Å². The zero-order valence-electron chi connectivity index (χ0n) is 14.8. The Morgan fingerprint density at radius 1 is 1.24 bits per heavy atom. The van der Waals surface area contributed by atoms with Crippen molar-refractivity contribution in [3.8, 4) is 5.75 Å². The van der Waals surface area contributed by atoms with Crippen molar-refractivity contribution in [3.63, 3.8) is 0 Å². The standard InChI is InChI=1S/C20H23BrN2O2/c1-4-16-11-18(21)9-10-19(16)25-13-20(24)23-22-12-15-5-7-17(8-6-15)14(2)3/h5-12,14H,4,13H2,1-3H3,(H,23,24)/b22-12+. The molecule has 0 spiro atoms. The van der Waals surface area contributed by atoms with Crippen molar-refractivity contribution in [1.29, 1.82) is 0 Å². The summed E-state index contributed by atoms with van der Waals surface area (Å²) in [5.74, 6) is 0.920. The molecular formula is C20H23BrN2O2. The first-order valence-corrected chi connectivity index (χ1v) is 9.12. The van der Waals surface area contributed by atoms with Gasteiger partial charge < -0.3 is 4.74 Å². The van der Waals surface area contributed by atoms with Gasteiger partial charge in [-0.2, -0.15) is 5.10 Å². The molecule has 0 saturated heterocycles. The van der Waals surface area contributed by atoms with Gasteiger partial charge in [-0.05, 0) is 47.2 Å². The number of amides is 1. The van der Waals surface area contributed by atoms with E-state index in [9.17, 15) is 4.79 Å². The number of carbonyl (C=O) groups is 1. The van der Waals surface area contributed by atoms with E-state index in [-0.39, 0.29) is 12.5 Å². The SMILES string of the molecule is CCc1cc(Br)ccc1OCC(=O)N/N=C/c1ccc(C(C)C)cc1. The van der Waals surface area contributed by atoms with Crippen LogP contribution in [0.3, 0.4) is 0 Å². The van der Waals surface area contributed by atoms with E-state index in [2.05, 4.69) is 52.4 Å². The first kappa shape index (κ1) is 19.2. The Hall–Kier alpha value is -2.14. The van der Waals surface area contributed by atoms with Crippen molar-refractivity contribution in [1.82, 2.24) is 5.43 Å². The molecule has 5 heteroatoms. The molecule has 2 aromatic carbocycles. The molecule has 0 aromatic heterocycles. The van der Waals surface area contributed by atoms with E-state index < -0.39 is 0 Å². The molecule has 4 nitrogen and oxygen atoms in total. The summed E-state index contributed by atoms with van der Waals surface area (Å²) >= 11 is 3.43.